The molecule has 4 saturated carbocycles. The predicted molar refractivity (Wildman–Crippen MR) is 143 cm³/mol. The summed E-state index contributed by atoms with van der Waals surface area (Å²) in [7, 11) is 1.37. The maximum absolute atomic E-state index is 13.1. The number of carbonyl (C=O) groups is 2. The Balaban J connectivity index is 1.15. The summed E-state index contributed by atoms with van der Waals surface area (Å²) in [5, 5.41) is 4.35. The fourth-order valence-corrected chi connectivity index (χ4v) is 7.77. The van der Waals surface area contributed by atoms with Gasteiger partial charge in [0.15, 0.2) is 0 Å². The molecule has 1 N–H and O–H groups in total. The maximum Gasteiger partial charge on any atom is 0.341 e. The van der Waals surface area contributed by atoms with E-state index in [0.29, 0.717) is 29.9 Å². The molecule has 4 aliphatic carbocycles. The number of aromatic nitrogens is 1. The van der Waals surface area contributed by atoms with Gasteiger partial charge in [-0.15, -0.1) is 0 Å². The minimum atomic E-state index is -0.407. The van der Waals surface area contributed by atoms with Crippen molar-refractivity contribution in [3.63, 3.8) is 0 Å². The molecule has 6 heteroatoms. The predicted octanol–water partition coefficient (Wildman–Crippen LogP) is 5.82. The van der Waals surface area contributed by atoms with Gasteiger partial charge in [0.25, 0.3) is 5.91 Å². The average Bonchev–Trinajstić information content (AvgIpc) is 3.28. The summed E-state index contributed by atoms with van der Waals surface area (Å²) >= 11 is 0. The maximum atomic E-state index is 13.1. The molecule has 1 heterocycles. The number of nitrogens with one attached hydrogen (secondary N) is 1. The molecule has 4 aliphatic rings. The molecule has 1 aromatic heterocycles. The fraction of sp³-hybridized carbons (Fsp3) is 0.484. The van der Waals surface area contributed by atoms with E-state index in [1.807, 2.05) is 43.5 Å². The first-order chi connectivity index (χ1) is 17.9. The third-order valence-electron chi connectivity index (χ3n) is 8.93. The minimum Gasteiger partial charge on any atom is -0.493 e. The SMILES string of the molecule is CCOc1cc(Cn2ccc3cc(C(=O)NCC45CC6CC(CC(C6)C4)C5)ccc32)ccc1C(=O)OC. The average molecular weight is 501 g/mol. The Bertz CT molecular complexity index is 1300. The number of carbonyl (C=O) groups excluding carboxylic acids is 2. The first kappa shape index (κ1) is 24.1. The minimum absolute atomic E-state index is 0.0325. The van der Waals surface area contributed by atoms with E-state index in [0.717, 1.165) is 46.3 Å². The lowest BCUT2D eigenvalue weighted by Crippen LogP contribution is -2.51. The molecule has 37 heavy (non-hydrogen) atoms. The van der Waals surface area contributed by atoms with Gasteiger partial charge in [0.2, 0.25) is 0 Å². The molecule has 0 atom stereocenters. The lowest BCUT2D eigenvalue weighted by Gasteiger charge is -2.56. The Labute approximate surface area is 218 Å². The number of amides is 1. The van der Waals surface area contributed by atoms with Gasteiger partial charge in [-0.25, -0.2) is 4.79 Å². The summed E-state index contributed by atoms with van der Waals surface area (Å²) in [5.41, 5.74) is 3.56. The summed E-state index contributed by atoms with van der Waals surface area (Å²) in [6, 6.07) is 13.6. The molecule has 4 fully saturated rings. The van der Waals surface area contributed by atoms with Gasteiger partial charge in [-0.1, -0.05) is 6.07 Å². The molecule has 194 valence electrons. The number of esters is 1. The van der Waals surface area contributed by atoms with Gasteiger partial charge in [0.05, 0.1) is 13.7 Å². The summed E-state index contributed by atoms with van der Waals surface area (Å²) < 4.78 is 12.7. The Hall–Kier alpha value is -3.28. The molecule has 2 aromatic carbocycles. The number of hydrogen-bond acceptors (Lipinski definition) is 4. The van der Waals surface area contributed by atoms with Gasteiger partial charge in [-0.3, -0.25) is 4.79 Å². The van der Waals surface area contributed by atoms with Crippen molar-refractivity contribution in [1.82, 2.24) is 9.88 Å². The highest BCUT2D eigenvalue weighted by atomic mass is 16.5. The Kier molecular flexibility index (Phi) is 6.21. The second kappa shape index (κ2) is 9.55. The van der Waals surface area contributed by atoms with Crippen LogP contribution < -0.4 is 10.1 Å². The topological polar surface area (TPSA) is 69.6 Å². The summed E-state index contributed by atoms with van der Waals surface area (Å²) in [6.45, 7) is 3.80. The summed E-state index contributed by atoms with van der Waals surface area (Å²) in [5.74, 6) is 2.82. The zero-order valence-corrected chi connectivity index (χ0v) is 21.8. The molecule has 0 unspecified atom stereocenters. The number of nitrogens with zero attached hydrogens (tertiary/aromatic N) is 1. The molecule has 0 radical (unpaired) electrons. The fourth-order valence-electron chi connectivity index (χ4n) is 7.77. The summed E-state index contributed by atoms with van der Waals surface area (Å²) in [4.78, 5) is 25.2. The Morgan fingerprint density at radius 1 is 1.00 bits per heavy atom. The van der Waals surface area contributed by atoms with E-state index < -0.39 is 5.97 Å². The highest BCUT2D eigenvalue weighted by Gasteiger charge is 2.50. The Morgan fingerprint density at radius 3 is 2.41 bits per heavy atom. The number of methoxy groups -OCH3 is 1. The van der Waals surface area contributed by atoms with E-state index in [1.165, 1.54) is 45.6 Å². The van der Waals surface area contributed by atoms with Gasteiger partial charge in [0, 0.05) is 35.8 Å². The van der Waals surface area contributed by atoms with Crippen molar-refractivity contribution in [1.29, 1.82) is 0 Å². The second-order valence-electron chi connectivity index (χ2n) is 11.6. The van der Waals surface area contributed by atoms with Gasteiger partial charge >= 0.3 is 5.97 Å². The number of rotatable bonds is 8. The lowest BCUT2D eigenvalue weighted by molar-refractivity contribution is -0.0503. The number of ether oxygens (including phenoxy) is 2. The molecule has 4 bridgehead atoms. The van der Waals surface area contributed by atoms with Gasteiger partial charge < -0.3 is 19.4 Å². The molecule has 7 rings (SSSR count). The second-order valence-corrected chi connectivity index (χ2v) is 11.6. The van der Waals surface area contributed by atoms with Crippen molar-refractivity contribution in [2.24, 2.45) is 23.2 Å². The molecule has 1 amide bonds. The zero-order valence-electron chi connectivity index (χ0n) is 21.8. The van der Waals surface area contributed by atoms with Crippen LogP contribution >= 0.6 is 0 Å². The summed E-state index contributed by atoms with van der Waals surface area (Å²) in [6.07, 6.45) is 10.2. The van der Waals surface area contributed by atoms with Gasteiger partial charge in [0.1, 0.15) is 11.3 Å². The largest absolute Gasteiger partial charge is 0.493 e. The number of hydrogen-bond donors (Lipinski definition) is 1. The molecular formula is C31H36N2O4. The molecule has 0 spiro atoms. The van der Waals surface area contributed by atoms with E-state index in [9.17, 15) is 9.59 Å². The van der Waals surface area contributed by atoms with E-state index in [1.54, 1.807) is 6.07 Å². The highest BCUT2D eigenvalue weighted by molar-refractivity contribution is 5.98. The van der Waals surface area contributed by atoms with Crippen molar-refractivity contribution >= 4 is 22.8 Å². The molecule has 0 saturated heterocycles. The molecular weight excluding hydrogens is 464 g/mol. The van der Waals surface area contributed by atoms with Crippen LogP contribution in [-0.4, -0.2) is 36.7 Å². The molecule has 0 aliphatic heterocycles. The van der Waals surface area contributed by atoms with E-state index >= 15 is 0 Å². The van der Waals surface area contributed by atoms with Gasteiger partial charge in [-0.2, -0.15) is 0 Å². The Morgan fingerprint density at radius 2 is 1.73 bits per heavy atom. The van der Waals surface area contributed by atoms with Crippen LogP contribution in [0.5, 0.6) is 5.75 Å². The third kappa shape index (κ3) is 4.62. The van der Waals surface area contributed by atoms with Crippen molar-refractivity contribution in [2.75, 3.05) is 20.3 Å². The standard InChI is InChI=1S/C31H36N2O4/c1-3-37-28-13-20(4-6-26(28)30(35)36-2)18-33-9-8-24-14-25(5-7-27(24)33)29(34)32-19-31-15-21-10-22(16-31)12-23(11-21)17-31/h4-9,13-14,21-23H,3,10-12,15-19H2,1-2H3,(H,32,34). The highest BCUT2D eigenvalue weighted by Crippen LogP contribution is 2.59. The quantitative estimate of drug-likeness (QED) is 0.396. The van der Waals surface area contributed by atoms with Crippen molar-refractivity contribution in [3.8, 4) is 5.75 Å². The van der Waals surface area contributed by atoms with Crippen LogP contribution in [0.4, 0.5) is 0 Å². The van der Waals surface area contributed by atoms with Crippen LogP contribution in [0.15, 0.2) is 48.7 Å². The lowest BCUT2D eigenvalue weighted by atomic mass is 9.49. The van der Waals surface area contributed by atoms with Crippen molar-refractivity contribution < 1.29 is 19.1 Å². The zero-order chi connectivity index (χ0) is 25.6. The monoisotopic (exact) mass is 500 g/mol. The van der Waals surface area contributed by atoms with E-state index in [2.05, 4.69) is 16.0 Å². The van der Waals surface area contributed by atoms with Crippen LogP contribution in [0.1, 0.15) is 71.7 Å². The first-order valence-corrected chi connectivity index (χ1v) is 13.7. The number of benzene rings is 2. The first-order valence-electron chi connectivity index (χ1n) is 13.7. The van der Waals surface area contributed by atoms with Crippen LogP contribution in [0.2, 0.25) is 0 Å². The van der Waals surface area contributed by atoms with Crippen molar-refractivity contribution in [2.45, 2.75) is 52.0 Å². The van der Waals surface area contributed by atoms with Gasteiger partial charge in [-0.05, 0) is 111 Å². The normalized spacial score (nSPS) is 25.8. The van der Waals surface area contributed by atoms with Crippen LogP contribution in [0, 0.1) is 23.2 Å². The van der Waals surface area contributed by atoms with E-state index in [4.69, 9.17) is 9.47 Å². The van der Waals surface area contributed by atoms with Crippen LogP contribution in [0.25, 0.3) is 10.9 Å². The van der Waals surface area contributed by atoms with Crippen molar-refractivity contribution in [3.05, 3.63) is 65.4 Å². The number of fused-ring (bicyclic) bond motifs is 1. The molecule has 6 nitrogen and oxygen atoms in total. The van der Waals surface area contributed by atoms with Crippen LogP contribution in [0.3, 0.4) is 0 Å². The van der Waals surface area contributed by atoms with Crippen LogP contribution in [-0.2, 0) is 11.3 Å². The molecule has 3 aromatic rings. The smallest absolute Gasteiger partial charge is 0.341 e. The third-order valence-corrected chi connectivity index (χ3v) is 8.93. The van der Waals surface area contributed by atoms with E-state index in [-0.39, 0.29) is 5.91 Å².